The number of rotatable bonds is 6. The number of sulfone groups is 1. The Morgan fingerprint density at radius 1 is 1.08 bits per heavy atom. The average molecular weight is 547 g/mol. The molecule has 1 atom stereocenters. The van der Waals surface area contributed by atoms with E-state index in [1.165, 1.54) is 18.3 Å². The molecule has 4 aromatic rings. The molecule has 0 radical (unpaired) electrons. The predicted octanol–water partition coefficient (Wildman–Crippen LogP) is 2.32. The van der Waals surface area contributed by atoms with E-state index < -0.39 is 32.0 Å². The molecule has 0 amide bonds. The highest BCUT2D eigenvalue weighted by atomic mass is 32.2. The van der Waals surface area contributed by atoms with Crippen LogP contribution in [0.2, 0.25) is 0 Å². The number of pyridine rings is 2. The Kier molecular flexibility index (Phi) is 6.87. The standard InChI is InChI=1S/C27H22N4O5S2/c1-2-36-27(33)24-22-20(14-17-8-6-12-29-15-17)21(28)26(38(34,35)19-10-4-3-5-11-19)31(22)25(32)23(37-24)18-9-7-13-30-16-18/h3-16,23H,2,28H2,1H3/b20-14+/t23-/m1/s1. The zero-order chi connectivity index (χ0) is 26.9. The first kappa shape index (κ1) is 25.4. The van der Waals surface area contributed by atoms with Crippen LogP contribution in [0, 0.1) is 0 Å². The van der Waals surface area contributed by atoms with Crippen molar-refractivity contribution in [1.29, 1.82) is 0 Å². The molecule has 0 bridgehead atoms. The third-order valence-corrected chi connectivity index (χ3v) is 8.96. The van der Waals surface area contributed by atoms with Gasteiger partial charge in [-0.2, -0.15) is 0 Å². The second-order valence-electron chi connectivity index (χ2n) is 8.24. The molecule has 1 aromatic carbocycles. The van der Waals surface area contributed by atoms with Crippen LogP contribution in [0.4, 0.5) is 5.69 Å². The fourth-order valence-electron chi connectivity index (χ4n) is 4.19. The molecule has 0 aliphatic carbocycles. The molecule has 38 heavy (non-hydrogen) atoms. The van der Waals surface area contributed by atoms with E-state index in [9.17, 15) is 18.0 Å². The molecule has 2 N–H and O–H groups in total. The van der Waals surface area contributed by atoms with Crippen LogP contribution < -0.4 is 16.3 Å². The lowest BCUT2D eigenvalue weighted by atomic mass is 10.2. The van der Waals surface area contributed by atoms with Gasteiger partial charge in [-0.15, -0.1) is 0 Å². The summed E-state index contributed by atoms with van der Waals surface area (Å²) >= 11 is 0.982. The zero-order valence-electron chi connectivity index (χ0n) is 20.1. The second kappa shape index (κ2) is 10.3. The van der Waals surface area contributed by atoms with E-state index in [0.717, 1.165) is 16.3 Å². The maximum Gasteiger partial charge on any atom is 0.346 e. The monoisotopic (exact) mass is 546 g/mol. The molecule has 1 aliphatic rings. The lowest BCUT2D eigenvalue weighted by Gasteiger charge is -2.23. The number of fused-ring (bicyclic) bond motifs is 1. The summed E-state index contributed by atoms with van der Waals surface area (Å²) in [6.45, 7) is 1.75. The minimum Gasteiger partial charge on any atom is -0.462 e. The Morgan fingerprint density at radius 3 is 2.42 bits per heavy atom. The Morgan fingerprint density at radius 2 is 1.79 bits per heavy atom. The summed E-state index contributed by atoms with van der Waals surface area (Å²) < 4.78 is 34.3. The summed E-state index contributed by atoms with van der Waals surface area (Å²) in [6.07, 6.45) is 7.83. The number of carbonyl (C=O) groups is 2. The number of ether oxygens (including phenoxy) is 1. The lowest BCUT2D eigenvalue weighted by molar-refractivity contribution is -0.135. The zero-order valence-corrected chi connectivity index (χ0v) is 21.8. The average Bonchev–Trinajstić information content (AvgIpc) is 3.23. The Bertz CT molecular complexity index is 1750. The van der Waals surface area contributed by atoms with Gasteiger partial charge in [0.05, 0.1) is 22.5 Å². The summed E-state index contributed by atoms with van der Waals surface area (Å²) in [5.41, 5.74) is 7.50. The number of thioether (sulfide) groups is 1. The van der Waals surface area contributed by atoms with Crippen molar-refractivity contribution in [3.8, 4) is 0 Å². The number of hydrogen-bond donors (Lipinski definition) is 1. The number of nitrogens with two attached hydrogens (primary N) is 1. The van der Waals surface area contributed by atoms with Crippen LogP contribution in [0.5, 0.6) is 0 Å². The van der Waals surface area contributed by atoms with Crippen LogP contribution >= 0.6 is 11.8 Å². The topological polar surface area (TPSA) is 134 Å². The van der Waals surface area contributed by atoms with Gasteiger partial charge in [-0.3, -0.25) is 19.3 Å². The molecule has 11 heteroatoms. The SMILES string of the molecule is CCOC(=O)C1=c2/c(=C/c3cccnc3)c(N)c(S(=O)(=O)c3ccccc3)n2C(=O)[C@@H](c2cccnc2)S1. The molecule has 0 saturated heterocycles. The van der Waals surface area contributed by atoms with Crippen LogP contribution in [0.1, 0.15) is 28.1 Å². The summed E-state index contributed by atoms with van der Waals surface area (Å²) in [7, 11) is -4.29. The first-order valence-electron chi connectivity index (χ1n) is 11.6. The second-order valence-corrected chi connectivity index (χ2v) is 11.2. The van der Waals surface area contributed by atoms with Gasteiger partial charge in [-0.25, -0.2) is 13.2 Å². The third-order valence-electron chi connectivity index (χ3n) is 5.85. The van der Waals surface area contributed by atoms with Crippen LogP contribution in [0.25, 0.3) is 11.0 Å². The van der Waals surface area contributed by atoms with Crippen molar-refractivity contribution in [2.45, 2.75) is 22.1 Å². The van der Waals surface area contributed by atoms with Gasteiger partial charge in [0.2, 0.25) is 15.7 Å². The highest BCUT2D eigenvalue weighted by Crippen LogP contribution is 2.40. The van der Waals surface area contributed by atoms with Gasteiger partial charge < -0.3 is 10.5 Å². The van der Waals surface area contributed by atoms with E-state index in [4.69, 9.17) is 10.5 Å². The summed E-state index contributed by atoms with van der Waals surface area (Å²) in [4.78, 5) is 35.5. The van der Waals surface area contributed by atoms with Crippen molar-refractivity contribution in [2.75, 3.05) is 12.3 Å². The number of anilines is 1. The molecule has 0 saturated carbocycles. The molecule has 5 rings (SSSR count). The molecular formula is C27H22N4O5S2. The number of esters is 1. The Balaban J connectivity index is 1.93. The van der Waals surface area contributed by atoms with Gasteiger partial charge >= 0.3 is 5.97 Å². The molecule has 0 fully saturated rings. The van der Waals surface area contributed by atoms with Crippen LogP contribution in [-0.4, -0.2) is 41.4 Å². The first-order valence-corrected chi connectivity index (χ1v) is 13.9. The number of benzene rings is 1. The van der Waals surface area contributed by atoms with Gasteiger partial charge in [0.15, 0.2) is 5.03 Å². The molecule has 4 heterocycles. The minimum absolute atomic E-state index is 0.0402. The van der Waals surface area contributed by atoms with Crippen LogP contribution in [0.3, 0.4) is 0 Å². The van der Waals surface area contributed by atoms with E-state index >= 15 is 0 Å². The largest absolute Gasteiger partial charge is 0.462 e. The normalized spacial score (nSPS) is 15.8. The quantitative estimate of drug-likeness (QED) is 0.362. The molecule has 1 aliphatic heterocycles. The number of nitrogens with zero attached hydrogens (tertiary/aromatic N) is 3. The first-order chi connectivity index (χ1) is 18.3. The Hall–Kier alpha value is -4.22. The predicted molar refractivity (Wildman–Crippen MR) is 143 cm³/mol. The third kappa shape index (κ3) is 4.39. The molecular weight excluding hydrogens is 524 g/mol. The number of carbonyl (C=O) groups excluding carboxylic acids is 2. The van der Waals surface area contributed by atoms with Gasteiger partial charge in [0.1, 0.15) is 10.2 Å². The number of aromatic nitrogens is 3. The summed E-state index contributed by atoms with van der Waals surface area (Å²) in [5, 5.41) is -1.09. The van der Waals surface area contributed by atoms with E-state index in [1.807, 2.05) is 0 Å². The van der Waals surface area contributed by atoms with Crippen molar-refractivity contribution in [1.82, 2.24) is 14.5 Å². The van der Waals surface area contributed by atoms with E-state index in [0.29, 0.717) is 11.1 Å². The van der Waals surface area contributed by atoms with Gasteiger partial charge in [-0.1, -0.05) is 42.1 Å². The highest BCUT2D eigenvalue weighted by Gasteiger charge is 2.40. The molecule has 3 aromatic heterocycles. The van der Waals surface area contributed by atoms with Gasteiger partial charge in [0.25, 0.3) is 0 Å². The van der Waals surface area contributed by atoms with Crippen LogP contribution in [-0.2, 0) is 19.4 Å². The van der Waals surface area contributed by atoms with Gasteiger partial charge in [-0.05, 0) is 48.4 Å². The number of nitrogen functional groups attached to an aromatic ring is 1. The maximum absolute atomic E-state index is 14.1. The molecule has 0 spiro atoms. The van der Waals surface area contributed by atoms with Gasteiger partial charge in [0, 0.05) is 30.0 Å². The van der Waals surface area contributed by atoms with E-state index in [2.05, 4.69) is 9.97 Å². The van der Waals surface area contributed by atoms with Crippen molar-refractivity contribution >= 4 is 50.1 Å². The van der Waals surface area contributed by atoms with Crippen molar-refractivity contribution < 1.29 is 22.7 Å². The smallest absolute Gasteiger partial charge is 0.346 e. The molecule has 9 nitrogen and oxygen atoms in total. The Labute approximate surface area is 222 Å². The van der Waals surface area contributed by atoms with Crippen molar-refractivity contribution in [2.24, 2.45) is 0 Å². The van der Waals surface area contributed by atoms with Crippen molar-refractivity contribution in [3.63, 3.8) is 0 Å². The van der Waals surface area contributed by atoms with Crippen molar-refractivity contribution in [3.05, 3.63) is 101 Å². The minimum atomic E-state index is -4.29. The summed E-state index contributed by atoms with van der Waals surface area (Å²) in [6, 6.07) is 14.5. The maximum atomic E-state index is 14.1. The summed E-state index contributed by atoms with van der Waals surface area (Å²) in [5.74, 6) is -1.26. The fraction of sp³-hybridized carbons (Fsp3) is 0.111. The number of hydrogen-bond acceptors (Lipinski definition) is 9. The molecule has 192 valence electrons. The van der Waals surface area contributed by atoms with E-state index in [1.54, 1.807) is 74.1 Å². The van der Waals surface area contributed by atoms with Crippen LogP contribution in [0.15, 0.2) is 89.3 Å². The fourth-order valence-corrected chi connectivity index (χ4v) is 6.94. The highest BCUT2D eigenvalue weighted by molar-refractivity contribution is 8.10. The van der Waals surface area contributed by atoms with E-state index in [-0.39, 0.29) is 32.7 Å². The molecule has 0 unspecified atom stereocenters. The lowest BCUT2D eigenvalue weighted by Crippen LogP contribution is -2.42.